The van der Waals surface area contributed by atoms with Crippen molar-refractivity contribution in [3.63, 3.8) is 0 Å². The Balaban J connectivity index is 2.34. The van der Waals surface area contributed by atoms with Crippen molar-refractivity contribution in [3.05, 3.63) is 29.8 Å². The molecule has 1 aromatic carbocycles. The van der Waals surface area contributed by atoms with E-state index in [2.05, 4.69) is 0 Å². The van der Waals surface area contributed by atoms with E-state index in [9.17, 15) is 18.7 Å². The minimum Gasteiger partial charge on any atom is -0.508 e. The summed E-state index contributed by atoms with van der Waals surface area (Å²) < 4.78 is 33.0. The number of phenolic OH excluding ortho intramolecular Hbond substituents is 1. The number of alkyl halides is 2. The van der Waals surface area contributed by atoms with E-state index in [1.807, 2.05) is 0 Å². The van der Waals surface area contributed by atoms with Gasteiger partial charge in [0.2, 0.25) is 0 Å². The second-order valence-electron chi connectivity index (χ2n) is 4.74. The molecule has 0 bridgehead atoms. The summed E-state index contributed by atoms with van der Waals surface area (Å²) >= 11 is 0. The molecule has 1 aromatic rings. The van der Waals surface area contributed by atoms with E-state index >= 15 is 0 Å². The van der Waals surface area contributed by atoms with Gasteiger partial charge in [-0.1, -0.05) is 12.1 Å². The molecule has 0 radical (unpaired) electrons. The largest absolute Gasteiger partial charge is 0.508 e. The minimum absolute atomic E-state index is 0.000204. The summed E-state index contributed by atoms with van der Waals surface area (Å²) in [6.07, 6.45) is -0.938. The van der Waals surface area contributed by atoms with E-state index < -0.39 is 30.3 Å². The average Bonchev–Trinajstić information content (AvgIpc) is 2.34. The first-order chi connectivity index (χ1) is 8.87. The monoisotopic (exact) mass is 272 g/mol. The maximum Gasteiger partial charge on any atom is 0.318 e. The first-order valence-electron chi connectivity index (χ1n) is 5.84. The van der Waals surface area contributed by atoms with E-state index in [0.717, 1.165) is 0 Å². The van der Waals surface area contributed by atoms with Gasteiger partial charge in [-0.3, -0.25) is 4.79 Å². The number of ether oxygens (including phenoxy) is 1. The molecule has 1 atom stereocenters. The van der Waals surface area contributed by atoms with Crippen molar-refractivity contribution in [2.45, 2.75) is 18.8 Å². The number of hydrogen-bond donors (Lipinski definition) is 2. The Morgan fingerprint density at radius 1 is 1.32 bits per heavy atom. The molecule has 6 heteroatoms. The van der Waals surface area contributed by atoms with Crippen LogP contribution >= 0.6 is 0 Å². The minimum atomic E-state index is -3.32. The fraction of sp³-hybridized carbons (Fsp3) is 0.462. The molecular formula is C13H14F2O4. The molecule has 4 nitrogen and oxygen atoms in total. The Morgan fingerprint density at radius 2 is 1.95 bits per heavy atom. The fourth-order valence-corrected chi connectivity index (χ4v) is 2.23. The number of halogens is 2. The highest BCUT2D eigenvalue weighted by molar-refractivity contribution is 5.77. The highest BCUT2D eigenvalue weighted by Crippen LogP contribution is 2.45. The van der Waals surface area contributed by atoms with Gasteiger partial charge in [-0.2, -0.15) is 0 Å². The van der Waals surface area contributed by atoms with Gasteiger partial charge in [-0.05, 0) is 24.1 Å². The second-order valence-corrected chi connectivity index (χ2v) is 4.74. The van der Waals surface area contributed by atoms with Crippen molar-refractivity contribution in [1.82, 2.24) is 0 Å². The van der Waals surface area contributed by atoms with Crippen LogP contribution in [0.25, 0.3) is 0 Å². The maximum atomic E-state index is 14.0. The first kappa shape index (κ1) is 13.7. The van der Waals surface area contributed by atoms with Crippen LogP contribution in [-0.4, -0.2) is 35.3 Å². The lowest BCUT2D eigenvalue weighted by Crippen LogP contribution is -2.55. The highest BCUT2D eigenvalue weighted by Gasteiger charge is 2.61. The number of hydrogen-bond acceptors (Lipinski definition) is 3. The molecule has 1 fully saturated rings. The summed E-state index contributed by atoms with van der Waals surface area (Å²) in [7, 11) is 0. The molecule has 0 aromatic heterocycles. The number of benzene rings is 1. The standard InChI is InChI=1S/C13H14F2O4/c14-13(15)5-6-19-8-12(13,11(17)18)7-9-1-3-10(16)4-2-9/h1-4,16H,5-8H2,(H,17,18). The molecule has 0 spiro atoms. The Morgan fingerprint density at radius 3 is 2.47 bits per heavy atom. The van der Waals surface area contributed by atoms with E-state index in [4.69, 9.17) is 9.84 Å². The van der Waals surface area contributed by atoms with E-state index in [1.54, 1.807) is 0 Å². The fourth-order valence-electron chi connectivity index (χ4n) is 2.23. The van der Waals surface area contributed by atoms with E-state index in [-0.39, 0.29) is 18.8 Å². The molecule has 2 N–H and O–H groups in total. The molecule has 1 aliphatic rings. The van der Waals surface area contributed by atoms with Gasteiger partial charge in [0.15, 0.2) is 5.41 Å². The number of phenols is 1. The lowest BCUT2D eigenvalue weighted by atomic mass is 9.74. The number of carboxylic acid groups (broad SMARTS) is 1. The first-order valence-corrected chi connectivity index (χ1v) is 5.84. The molecule has 1 aliphatic heterocycles. The molecule has 19 heavy (non-hydrogen) atoms. The van der Waals surface area contributed by atoms with Crippen LogP contribution in [0.1, 0.15) is 12.0 Å². The molecule has 0 saturated carbocycles. The van der Waals surface area contributed by atoms with Crippen molar-refractivity contribution in [3.8, 4) is 5.75 Å². The molecule has 1 heterocycles. The Labute approximate surface area is 108 Å². The third-order valence-corrected chi connectivity index (χ3v) is 3.46. The zero-order chi connectivity index (χ0) is 14.1. The van der Waals surface area contributed by atoms with Crippen LogP contribution in [0.2, 0.25) is 0 Å². The summed E-state index contributed by atoms with van der Waals surface area (Å²) in [6, 6.07) is 5.55. The molecule has 0 aliphatic carbocycles. The third-order valence-electron chi connectivity index (χ3n) is 3.46. The summed E-state index contributed by atoms with van der Waals surface area (Å²) in [6.45, 7) is -0.659. The second kappa shape index (κ2) is 4.77. The summed E-state index contributed by atoms with van der Waals surface area (Å²) in [5.74, 6) is -4.89. The van der Waals surface area contributed by atoms with Gasteiger partial charge in [0.25, 0.3) is 5.92 Å². The zero-order valence-electron chi connectivity index (χ0n) is 10.1. The van der Waals surface area contributed by atoms with Crippen molar-refractivity contribution in [2.24, 2.45) is 5.41 Å². The van der Waals surface area contributed by atoms with E-state index in [1.165, 1.54) is 24.3 Å². The summed E-state index contributed by atoms with van der Waals surface area (Å²) in [5, 5.41) is 18.4. The molecule has 2 rings (SSSR count). The van der Waals surface area contributed by atoms with Crippen LogP contribution in [0.15, 0.2) is 24.3 Å². The van der Waals surface area contributed by atoms with Crippen LogP contribution in [-0.2, 0) is 16.0 Å². The van der Waals surface area contributed by atoms with E-state index in [0.29, 0.717) is 5.56 Å². The average molecular weight is 272 g/mol. The summed E-state index contributed by atoms with van der Waals surface area (Å²) in [4.78, 5) is 11.4. The van der Waals surface area contributed by atoms with Gasteiger partial charge < -0.3 is 14.9 Å². The Kier molecular flexibility index (Phi) is 3.45. The predicted molar refractivity (Wildman–Crippen MR) is 62.3 cm³/mol. The van der Waals surface area contributed by atoms with Gasteiger partial charge in [-0.15, -0.1) is 0 Å². The topological polar surface area (TPSA) is 66.8 Å². The van der Waals surface area contributed by atoms with Crippen molar-refractivity contribution >= 4 is 5.97 Å². The van der Waals surface area contributed by atoms with Crippen LogP contribution < -0.4 is 0 Å². The van der Waals surface area contributed by atoms with Crippen molar-refractivity contribution < 1.29 is 28.5 Å². The van der Waals surface area contributed by atoms with Gasteiger partial charge >= 0.3 is 5.97 Å². The summed E-state index contributed by atoms with van der Waals surface area (Å²) in [5.41, 5.74) is -1.83. The van der Waals surface area contributed by atoms with Gasteiger partial charge in [0.1, 0.15) is 5.75 Å². The SMILES string of the molecule is O=C(O)C1(Cc2ccc(O)cc2)COCCC1(F)F. The van der Waals surface area contributed by atoms with Gasteiger partial charge in [-0.25, -0.2) is 8.78 Å². The normalized spacial score (nSPS) is 26.0. The number of carbonyl (C=O) groups is 1. The molecular weight excluding hydrogens is 258 g/mol. The van der Waals surface area contributed by atoms with Gasteiger partial charge in [0.05, 0.1) is 13.2 Å². The number of aromatic hydroxyl groups is 1. The zero-order valence-corrected chi connectivity index (χ0v) is 10.1. The van der Waals surface area contributed by atoms with Crippen molar-refractivity contribution in [2.75, 3.05) is 13.2 Å². The molecule has 1 saturated heterocycles. The maximum absolute atomic E-state index is 14.0. The third kappa shape index (κ3) is 2.40. The quantitative estimate of drug-likeness (QED) is 0.884. The van der Waals surface area contributed by atoms with Crippen LogP contribution in [0.4, 0.5) is 8.78 Å². The van der Waals surface area contributed by atoms with Crippen molar-refractivity contribution in [1.29, 1.82) is 0 Å². The van der Waals surface area contributed by atoms with Gasteiger partial charge in [0, 0.05) is 6.42 Å². The molecule has 104 valence electrons. The smallest absolute Gasteiger partial charge is 0.318 e. The Hall–Kier alpha value is -1.69. The van der Waals surface area contributed by atoms with Crippen LogP contribution in [0.3, 0.4) is 0 Å². The van der Waals surface area contributed by atoms with Crippen LogP contribution in [0, 0.1) is 5.41 Å². The lowest BCUT2D eigenvalue weighted by molar-refractivity contribution is -0.215. The molecule has 1 unspecified atom stereocenters. The number of carboxylic acids is 1. The molecule has 0 amide bonds. The predicted octanol–water partition coefficient (Wildman–Crippen LogP) is 2.06. The van der Waals surface area contributed by atoms with Crippen LogP contribution in [0.5, 0.6) is 5.75 Å². The number of rotatable bonds is 3. The Bertz CT molecular complexity index is 472. The lowest BCUT2D eigenvalue weighted by Gasteiger charge is -2.40. The highest BCUT2D eigenvalue weighted by atomic mass is 19.3. The number of aliphatic carboxylic acids is 1.